The van der Waals surface area contributed by atoms with Crippen molar-refractivity contribution in [3.63, 3.8) is 0 Å². The summed E-state index contributed by atoms with van der Waals surface area (Å²) in [4.78, 5) is 27.2. The van der Waals surface area contributed by atoms with E-state index < -0.39 is 0 Å². The van der Waals surface area contributed by atoms with E-state index in [9.17, 15) is 9.59 Å². The molecule has 2 bridgehead atoms. The van der Waals surface area contributed by atoms with Crippen LogP contribution in [0.3, 0.4) is 0 Å². The van der Waals surface area contributed by atoms with Crippen molar-refractivity contribution >= 4 is 34.2 Å². The summed E-state index contributed by atoms with van der Waals surface area (Å²) < 4.78 is 0. The monoisotopic (exact) mass is 314 g/mol. The molecule has 21 heavy (non-hydrogen) atoms. The van der Waals surface area contributed by atoms with Crippen LogP contribution in [-0.2, 0) is 0 Å². The largest absolute Gasteiger partial charge is 0.293 e. The van der Waals surface area contributed by atoms with Gasteiger partial charge in [-0.25, -0.2) is 0 Å². The van der Waals surface area contributed by atoms with Crippen LogP contribution in [0.25, 0.3) is 0 Å². The molecular formula is C17H14O2S2. The number of thiophene rings is 2. The van der Waals surface area contributed by atoms with Crippen molar-refractivity contribution < 1.29 is 9.59 Å². The average molecular weight is 314 g/mol. The SMILES string of the molecule is O=C(c1cccs1)C1C2C=CC(C2)C1C(=O)c1cccs1. The molecule has 2 aromatic heterocycles. The Morgan fingerprint density at radius 3 is 1.71 bits per heavy atom. The van der Waals surface area contributed by atoms with Crippen LogP contribution in [0.4, 0.5) is 0 Å². The van der Waals surface area contributed by atoms with Crippen molar-refractivity contribution in [3.05, 3.63) is 56.9 Å². The van der Waals surface area contributed by atoms with Crippen LogP contribution in [0.5, 0.6) is 0 Å². The number of hydrogen-bond donors (Lipinski definition) is 0. The third kappa shape index (κ3) is 2.05. The van der Waals surface area contributed by atoms with E-state index in [-0.39, 0.29) is 35.2 Å². The van der Waals surface area contributed by atoms with E-state index in [1.54, 1.807) is 0 Å². The Morgan fingerprint density at radius 1 is 0.857 bits per heavy atom. The van der Waals surface area contributed by atoms with Gasteiger partial charge in [0.2, 0.25) is 0 Å². The highest BCUT2D eigenvalue weighted by Crippen LogP contribution is 2.50. The van der Waals surface area contributed by atoms with Crippen LogP contribution >= 0.6 is 22.7 Å². The lowest BCUT2D eigenvalue weighted by atomic mass is 9.77. The molecule has 4 atom stereocenters. The predicted molar refractivity (Wildman–Crippen MR) is 85.0 cm³/mol. The molecule has 0 radical (unpaired) electrons. The lowest BCUT2D eigenvalue weighted by molar-refractivity contribution is 0.0757. The average Bonchev–Trinajstić information content (AvgIpc) is 3.30. The summed E-state index contributed by atoms with van der Waals surface area (Å²) in [5.74, 6) is 0.423. The van der Waals surface area contributed by atoms with Crippen molar-refractivity contribution in [1.29, 1.82) is 0 Å². The zero-order valence-corrected chi connectivity index (χ0v) is 12.9. The Balaban J connectivity index is 1.70. The maximum absolute atomic E-state index is 12.8. The third-order valence-electron chi connectivity index (χ3n) is 4.59. The first kappa shape index (κ1) is 13.2. The molecule has 0 aliphatic heterocycles. The first-order chi connectivity index (χ1) is 10.3. The van der Waals surface area contributed by atoms with Crippen LogP contribution in [-0.4, -0.2) is 11.6 Å². The van der Waals surface area contributed by atoms with E-state index in [1.807, 2.05) is 35.0 Å². The summed E-state index contributed by atoms with van der Waals surface area (Å²) in [7, 11) is 0. The highest BCUT2D eigenvalue weighted by molar-refractivity contribution is 7.12. The number of allylic oxidation sites excluding steroid dienone is 2. The van der Waals surface area contributed by atoms with Gasteiger partial charge in [-0.05, 0) is 41.1 Å². The normalized spacial score (nSPS) is 29.9. The molecule has 4 unspecified atom stereocenters. The molecule has 0 N–H and O–H groups in total. The summed E-state index contributed by atoms with van der Waals surface area (Å²) in [5, 5.41) is 3.85. The molecule has 106 valence electrons. The van der Waals surface area contributed by atoms with Crippen molar-refractivity contribution in [3.8, 4) is 0 Å². The number of carbonyl (C=O) groups excluding carboxylic acids is 2. The fraction of sp³-hybridized carbons (Fsp3) is 0.294. The molecule has 0 aromatic carbocycles. The number of hydrogen-bond acceptors (Lipinski definition) is 4. The van der Waals surface area contributed by atoms with Gasteiger partial charge in [0.15, 0.2) is 11.6 Å². The molecule has 4 heteroatoms. The van der Waals surface area contributed by atoms with Crippen LogP contribution in [0.15, 0.2) is 47.2 Å². The zero-order valence-electron chi connectivity index (χ0n) is 11.3. The Morgan fingerprint density at radius 2 is 1.33 bits per heavy atom. The lowest BCUT2D eigenvalue weighted by Gasteiger charge is -2.25. The Bertz CT molecular complexity index is 637. The molecule has 0 spiro atoms. The molecule has 1 saturated carbocycles. The molecule has 2 nitrogen and oxygen atoms in total. The first-order valence-corrected chi connectivity index (χ1v) is 8.85. The second-order valence-electron chi connectivity index (χ2n) is 5.68. The molecule has 1 fully saturated rings. The minimum atomic E-state index is -0.173. The zero-order chi connectivity index (χ0) is 14.4. The minimum Gasteiger partial charge on any atom is -0.293 e. The van der Waals surface area contributed by atoms with Gasteiger partial charge in [0.1, 0.15) is 0 Å². The quantitative estimate of drug-likeness (QED) is 0.622. The summed E-state index contributed by atoms with van der Waals surface area (Å²) >= 11 is 2.95. The van der Waals surface area contributed by atoms with Crippen LogP contribution < -0.4 is 0 Å². The van der Waals surface area contributed by atoms with Gasteiger partial charge in [-0.1, -0.05) is 24.3 Å². The van der Waals surface area contributed by atoms with E-state index in [2.05, 4.69) is 12.2 Å². The second-order valence-corrected chi connectivity index (χ2v) is 7.58. The van der Waals surface area contributed by atoms with E-state index in [0.717, 1.165) is 16.2 Å². The molecule has 4 rings (SSSR count). The number of ketones is 2. The van der Waals surface area contributed by atoms with Crippen molar-refractivity contribution in [1.82, 2.24) is 0 Å². The highest BCUT2D eigenvalue weighted by atomic mass is 32.1. The van der Waals surface area contributed by atoms with Crippen molar-refractivity contribution in [2.24, 2.45) is 23.7 Å². The summed E-state index contributed by atoms with van der Waals surface area (Å²) in [6.07, 6.45) is 5.22. The second kappa shape index (κ2) is 5.04. The fourth-order valence-electron chi connectivity index (χ4n) is 3.70. The van der Waals surface area contributed by atoms with Crippen LogP contribution in [0.2, 0.25) is 0 Å². The van der Waals surface area contributed by atoms with Crippen molar-refractivity contribution in [2.75, 3.05) is 0 Å². The number of Topliss-reactive ketones (excluding diaryl/α,β-unsaturated/α-hetero) is 2. The van der Waals surface area contributed by atoms with Gasteiger partial charge in [-0.15, -0.1) is 22.7 Å². The molecule has 2 aliphatic carbocycles. The highest BCUT2D eigenvalue weighted by Gasteiger charge is 2.51. The molecule has 2 heterocycles. The maximum Gasteiger partial charge on any atom is 0.177 e. The Kier molecular flexibility index (Phi) is 3.16. The molecule has 0 amide bonds. The van der Waals surface area contributed by atoms with Crippen LogP contribution in [0.1, 0.15) is 25.8 Å². The molecule has 2 aliphatic rings. The Hall–Kier alpha value is -1.52. The number of carbonyl (C=O) groups is 2. The summed E-state index contributed by atoms with van der Waals surface area (Å²) in [6.45, 7) is 0. The van der Waals surface area contributed by atoms with Gasteiger partial charge < -0.3 is 0 Å². The minimum absolute atomic E-state index is 0.150. The first-order valence-electron chi connectivity index (χ1n) is 7.09. The lowest BCUT2D eigenvalue weighted by Crippen LogP contribution is -2.32. The van der Waals surface area contributed by atoms with Gasteiger partial charge in [-0.3, -0.25) is 9.59 Å². The molecular weight excluding hydrogens is 300 g/mol. The number of rotatable bonds is 4. The predicted octanol–water partition coefficient (Wildman–Crippen LogP) is 4.31. The van der Waals surface area contributed by atoms with E-state index in [0.29, 0.717) is 0 Å². The Labute approximate surface area is 131 Å². The summed E-state index contributed by atoms with van der Waals surface area (Å²) in [5.41, 5.74) is 0. The van der Waals surface area contributed by atoms with Gasteiger partial charge in [0.05, 0.1) is 9.75 Å². The fourth-order valence-corrected chi connectivity index (χ4v) is 5.13. The van der Waals surface area contributed by atoms with Crippen molar-refractivity contribution in [2.45, 2.75) is 6.42 Å². The summed E-state index contributed by atoms with van der Waals surface area (Å²) in [6, 6.07) is 7.54. The van der Waals surface area contributed by atoms with Crippen LogP contribution in [0, 0.1) is 23.7 Å². The van der Waals surface area contributed by atoms with Gasteiger partial charge in [0.25, 0.3) is 0 Å². The smallest absolute Gasteiger partial charge is 0.177 e. The topological polar surface area (TPSA) is 34.1 Å². The maximum atomic E-state index is 12.8. The van der Waals surface area contributed by atoms with E-state index in [1.165, 1.54) is 22.7 Å². The van der Waals surface area contributed by atoms with Gasteiger partial charge in [-0.2, -0.15) is 0 Å². The van der Waals surface area contributed by atoms with E-state index in [4.69, 9.17) is 0 Å². The number of fused-ring (bicyclic) bond motifs is 2. The van der Waals surface area contributed by atoms with E-state index >= 15 is 0 Å². The molecule has 2 aromatic rings. The molecule has 0 saturated heterocycles. The van der Waals surface area contributed by atoms with Gasteiger partial charge >= 0.3 is 0 Å². The standard InChI is InChI=1S/C17H14O2S2/c18-16(12-3-1-7-20-12)14-10-5-6-11(9-10)15(14)17(19)13-4-2-8-21-13/h1-8,10-11,14-15H,9H2. The van der Waals surface area contributed by atoms with Gasteiger partial charge in [0, 0.05) is 11.8 Å². The third-order valence-corrected chi connectivity index (χ3v) is 6.36.